The first-order valence-electron chi connectivity index (χ1n) is 4.97. The van der Waals surface area contributed by atoms with Gasteiger partial charge in [0.1, 0.15) is 4.99 Å². The van der Waals surface area contributed by atoms with Gasteiger partial charge < -0.3 is 11.1 Å². The van der Waals surface area contributed by atoms with Gasteiger partial charge in [0.2, 0.25) is 0 Å². The van der Waals surface area contributed by atoms with Crippen molar-refractivity contribution in [3.8, 4) is 0 Å². The fraction of sp³-hybridized carbons (Fsp3) is 0.182. The molecule has 0 radical (unpaired) electrons. The van der Waals surface area contributed by atoms with Crippen molar-refractivity contribution in [2.24, 2.45) is 10.8 Å². The number of rotatable bonds is 3. The number of primary amides is 1. The Bertz CT molecular complexity index is 453. The summed E-state index contributed by atoms with van der Waals surface area (Å²) in [6.07, 6.45) is 0. The van der Waals surface area contributed by atoms with Crippen molar-refractivity contribution >= 4 is 34.6 Å². The molecule has 90 valence electrons. The molecule has 0 spiro atoms. The lowest BCUT2D eigenvalue weighted by atomic mass is 10.2. The van der Waals surface area contributed by atoms with Gasteiger partial charge >= 0.3 is 6.03 Å². The summed E-state index contributed by atoms with van der Waals surface area (Å²) in [6, 6.07) is 7.05. The summed E-state index contributed by atoms with van der Waals surface area (Å²) in [6.45, 7) is 3.69. The van der Waals surface area contributed by atoms with E-state index in [0.717, 1.165) is 5.69 Å². The number of thiocarbonyl (C=S) groups is 1. The van der Waals surface area contributed by atoms with Crippen LogP contribution >= 0.6 is 12.2 Å². The first kappa shape index (κ1) is 13.1. The number of carbonyl (C=O) groups is 1. The van der Waals surface area contributed by atoms with Crippen LogP contribution in [0.2, 0.25) is 0 Å². The van der Waals surface area contributed by atoms with Gasteiger partial charge in [0, 0.05) is 5.69 Å². The minimum absolute atomic E-state index is 0.433. The Balaban J connectivity index is 2.63. The molecule has 6 heteroatoms. The number of hydrazone groups is 1. The van der Waals surface area contributed by atoms with Crippen molar-refractivity contribution in [1.29, 1.82) is 0 Å². The molecule has 0 aromatic heterocycles. The molecule has 0 saturated carbocycles. The van der Waals surface area contributed by atoms with E-state index in [2.05, 4.69) is 15.8 Å². The van der Waals surface area contributed by atoms with E-state index in [1.807, 2.05) is 31.2 Å². The van der Waals surface area contributed by atoms with Crippen LogP contribution in [0.3, 0.4) is 0 Å². The number of carbonyl (C=O) groups excluding carboxylic acids is 1. The topological polar surface area (TPSA) is 79.5 Å². The number of nitrogens with one attached hydrogen (secondary N) is 2. The smallest absolute Gasteiger partial charge is 0.332 e. The van der Waals surface area contributed by atoms with Crippen LogP contribution in [0.25, 0.3) is 0 Å². The third-order valence-corrected chi connectivity index (χ3v) is 2.37. The molecule has 17 heavy (non-hydrogen) atoms. The molecule has 0 saturated heterocycles. The van der Waals surface area contributed by atoms with E-state index in [1.54, 1.807) is 6.92 Å². The van der Waals surface area contributed by atoms with E-state index < -0.39 is 6.03 Å². The van der Waals surface area contributed by atoms with Crippen molar-refractivity contribution in [2.45, 2.75) is 13.8 Å². The molecular formula is C11H14N4OS. The van der Waals surface area contributed by atoms with Gasteiger partial charge in [-0.25, -0.2) is 10.2 Å². The fourth-order valence-electron chi connectivity index (χ4n) is 1.05. The largest absolute Gasteiger partial charge is 0.350 e. The van der Waals surface area contributed by atoms with E-state index in [0.29, 0.717) is 10.7 Å². The van der Waals surface area contributed by atoms with E-state index in [-0.39, 0.29) is 0 Å². The second kappa shape index (κ2) is 5.95. The number of anilines is 1. The predicted molar refractivity (Wildman–Crippen MR) is 73.2 cm³/mol. The minimum Gasteiger partial charge on any atom is -0.350 e. The molecular weight excluding hydrogens is 236 g/mol. The van der Waals surface area contributed by atoms with Crippen LogP contribution in [0.4, 0.5) is 10.5 Å². The molecule has 0 aliphatic carbocycles. The van der Waals surface area contributed by atoms with Gasteiger partial charge in [-0.2, -0.15) is 5.10 Å². The van der Waals surface area contributed by atoms with Crippen molar-refractivity contribution in [3.63, 3.8) is 0 Å². The van der Waals surface area contributed by atoms with E-state index in [4.69, 9.17) is 18.0 Å². The maximum absolute atomic E-state index is 10.5. The molecule has 0 heterocycles. The predicted octanol–water partition coefficient (Wildman–Crippen LogP) is 1.78. The van der Waals surface area contributed by atoms with Crippen LogP contribution in [0.5, 0.6) is 0 Å². The fourth-order valence-corrected chi connectivity index (χ4v) is 1.21. The van der Waals surface area contributed by atoms with Crippen molar-refractivity contribution in [3.05, 3.63) is 29.8 Å². The summed E-state index contributed by atoms with van der Waals surface area (Å²) in [7, 11) is 0. The number of benzene rings is 1. The van der Waals surface area contributed by atoms with Crippen LogP contribution in [-0.4, -0.2) is 16.7 Å². The second-order valence-electron chi connectivity index (χ2n) is 3.49. The number of hydrogen-bond acceptors (Lipinski definition) is 3. The standard InChI is InChI=1S/C11H14N4OS/c1-7-3-5-9(6-4-7)13-10(17)8(2)14-15-11(12)16/h3-6H,1-2H3,(H,13,17)(H3,12,15,16)/b14-8-. The number of hydrogen-bond donors (Lipinski definition) is 3. The summed E-state index contributed by atoms with van der Waals surface area (Å²) in [5, 5.41) is 6.73. The monoisotopic (exact) mass is 250 g/mol. The third kappa shape index (κ3) is 4.60. The average Bonchev–Trinajstić information content (AvgIpc) is 2.28. The van der Waals surface area contributed by atoms with Crippen LogP contribution < -0.4 is 16.5 Å². The lowest BCUT2D eigenvalue weighted by Crippen LogP contribution is -2.28. The summed E-state index contributed by atoms with van der Waals surface area (Å²) in [5.41, 5.74) is 9.53. The maximum Gasteiger partial charge on any atom is 0.332 e. The molecule has 0 fully saturated rings. The Morgan fingerprint density at radius 2 is 1.94 bits per heavy atom. The lowest BCUT2D eigenvalue weighted by molar-refractivity contribution is 0.249. The average molecular weight is 250 g/mol. The highest BCUT2D eigenvalue weighted by Crippen LogP contribution is 2.08. The summed E-state index contributed by atoms with van der Waals surface area (Å²) >= 11 is 5.11. The minimum atomic E-state index is -0.720. The van der Waals surface area contributed by atoms with Crippen LogP contribution in [0, 0.1) is 6.92 Å². The summed E-state index contributed by atoms with van der Waals surface area (Å²) in [5.74, 6) is 0. The molecule has 2 amide bonds. The Morgan fingerprint density at radius 3 is 2.47 bits per heavy atom. The van der Waals surface area contributed by atoms with Crippen molar-refractivity contribution < 1.29 is 4.79 Å². The van der Waals surface area contributed by atoms with E-state index >= 15 is 0 Å². The Morgan fingerprint density at radius 1 is 1.35 bits per heavy atom. The zero-order valence-corrected chi connectivity index (χ0v) is 10.5. The number of aryl methyl sites for hydroxylation is 1. The van der Waals surface area contributed by atoms with Crippen molar-refractivity contribution in [2.75, 3.05) is 5.32 Å². The highest BCUT2D eigenvalue weighted by molar-refractivity contribution is 7.82. The first-order valence-corrected chi connectivity index (χ1v) is 5.37. The summed E-state index contributed by atoms with van der Waals surface area (Å²) in [4.78, 5) is 10.9. The number of urea groups is 1. The molecule has 1 aromatic carbocycles. The lowest BCUT2D eigenvalue weighted by Gasteiger charge is -2.07. The zero-order valence-electron chi connectivity index (χ0n) is 9.65. The molecule has 0 atom stereocenters. The first-order chi connectivity index (χ1) is 7.99. The van der Waals surface area contributed by atoms with Gasteiger partial charge in [0.25, 0.3) is 0 Å². The van der Waals surface area contributed by atoms with Crippen LogP contribution in [-0.2, 0) is 0 Å². The third-order valence-electron chi connectivity index (χ3n) is 1.97. The van der Waals surface area contributed by atoms with Gasteiger partial charge in [0.05, 0.1) is 5.71 Å². The quantitative estimate of drug-likeness (QED) is 0.434. The molecule has 0 bridgehead atoms. The SMILES string of the molecule is C/C(=N/NC(N)=O)C(=S)Nc1ccc(C)cc1. The zero-order chi connectivity index (χ0) is 12.8. The Hall–Kier alpha value is -1.95. The molecule has 1 aromatic rings. The van der Waals surface area contributed by atoms with E-state index in [9.17, 15) is 4.79 Å². The molecule has 1 rings (SSSR count). The number of nitrogens with two attached hydrogens (primary N) is 1. The normalized spacial score (nSPS) is 10.8. The summed E-state index contributed by atoms with van der Waals surface area (Å²) < 4.78 is 0. The highest BCUT2D eigenvalue weighted by atomic mass is 32.1. The maximum atomic E-state index is 10.5. The van der Waals surface area contributed by atoms with Gasteiger partial charge in [-0.05, 0) is 26.0 Å². The highest BCUT2D eigenvalue weighted by Gasteiger charge is 2.02. The Kier molecular flexibility index (Phi) is 4.59. The molecule has 0 aliphatic rings. The molecule has 4 N–H and O–H groups in total. The van der Waals surface area contributed by atoms with Gasteiger partial charge in [-0.15, -0.1) is 0 Å². The van der Waals surface area contributed by atoms with Gasteiger partial charge in [-0.3, -0.25) is 0 Å². The van der Waals surface area contributed by atoms with E-state index in [1.165, 1.54) is 5.56 Å². The Labute approximate surface area is 105 Å². The van der Waals surface area contributed by atoms with Crippen LogP contribution in [0.15, 0.2) is 29.4 Å². The molecule has 0 unspecified atom stereocenters. The number of nitrogens with zero attached hydrogens (tertiary/aromatic N) is 1. The van der Waals surface area contributed by atoms with Gasteiger partial charge in [0.15, 0.2) is 0 Å². The van der Waals surface area contributed by atoms with Crippen molar-refractivity contribution in [1.82, 2.24) is 5.43 Å². The second-order valence-corrected chi connectivity index (χ2v) is 3.90. The molecule has 5 nitrogen and oxygen atoms in total. The van der Waals surface area contributed by atoms with Crippen LogP contribution in [0.1, 0.15) is 12.5 Å². The molecule has 0 aliphatic heterocycles. The van der Waals surface area contributed by atoms with Gasteiger partial charge in [-0.1, -0.05) is 29.9 Å². The number of amides is 2.